The monoisotopic (exact) mass is 223 g/mol. The van der Waals surface area contributed by atoms with Gasteiger partial charge in [-0.3, -0.25) is 0 Å². The topological polar surface area (TPSA) is 45.4 Å². The molecule has 1 aliphatic rings. The van der Waals surface area contributed by atoms with Crippen LogP contribution in [0.25, 0.3) is 0 Å². The molecule has 2 rings (SSSR count). The second-order valence-electron chi connectivity index (χ2n) is 4.97. The summed E-state index contributed by atoms with van der Waals surface area (Å²) in [5.41, 5.74) is 0. The summed E-state index contributed by atoms with van der Waals surface area (Å²) in [6, 6.07) is 3.61. The number of hydrogen-bond acceptors (Lipinski definition) is 3. The van der Waals surface area contributed by atoms with Gasteiger partial charge in [0.05, 0.1) is 6.26 Å². The maximum Gasteiger partial charge on any atom is 0.133 e. The third-order valence-corrected chi connectivity index (χ3v) is 3.45. The highest BCUT2D eigenvalue weighted by Crippen LogP contribution is 2.29. The second kappa shape index (κ2) is 5.51. The molecule has 1 aromatic heterocycles. The molecule has 0 aliphatic heterocycles. The van der Waals surface area contributed by atoms with E-state index in [2.05, 4.69) is 12.2 Å². The van der Waals surface area contributed by atoms with E-state index in [0.717, 1.165) is 18.4 Å². The summed E-state index contributed by atoms with van der Waals surface area (Å²) in [6.07, 6.45) is 5.08. The summed E-state index contributed by atoms with van der Waals surface area (Å²) >= 11 is 0. The third-order valence-electron chi connectivity index (χ3n) is 3.45. The van der Waals surface area contributed by atoms with Crippen molar-refractivity contribution in [1.82, 2.24) is 5.32 Å². The Morgan fingerprint density at radius 2 is 2.44 bits per heavy atom. The molecule has 1 aliphatic carbocycles. The Labute approximate surface area is 96.8 Å². The summed E-state index contributed by atoms with van der Waals surface area (Å²) in [5.74, 6) is 2.31. The van der Waals surface area contributed by atoms with Gasteiger partial charge in [-0.1, -0.05) is 13.3 Å². The number of rotatable bonds is 5. The molecule has 2 N–H and O–H groups in total. The van der Waals surface area contributed by atoms with E-state index >= 15 is 0 Å². The lowest BCUT2D eigenvalue weighted by molar-refractivity contribution is 0.146. The van der Waals surface area contributed by atoms with Gasteiger partial charge < -0.3 is 14.8 Å². The first-order chi connectivity index (χ1) is 7.75. The smallest absolute Gasteiger partial charge is 0.133 e. The van der Waals surface area contributed by atoms with Gasteiger partial charge in [0.2, 0.25) is 0 Å². The number of furan rings is 1. The van der Waals surface area contributed by atoms with Gasteiger partial charge in [0.1, 0.15) is 11.9 Å². The van der Waals surface area contributed by atoms with Crippen molar-refractivity contribution in [3.63, 3.8) is 0 Å². The lowest BCUT2D eigenvalue weighted by Crippen LogP contribution is -2.26. The SMILES string of the molecule is CC1CCC(CNCC(O)c2ccco2)C1. The molecule has 1 aromatic rings. The Morgan fingerprint density at radius 3 is 3.06 bits per heavy atom. The predicted molar refractivity (Wildman–Crippen MR) is 63.0 cm³/mol. The molecular weight excluding hydrogens is 202 g/mol. The van der Waals surface area contributed by atoms with Crippen molar-refractivity contribution in [1.29, 1.82) is 0 Å². The molecular formula is C13H21NO2. The molecule has 0 spiro atoms. The van der Waals surface area contributed by atoms with Crippen molar-refractivity contribution in [3.8, 4) is 0 Å². The standard InChI is InChI=1S/C13H21NO2/c1-10-4-5-11(7-10)8-14-9-12(15)13-3-2-6-16-13/h2-3,6,10-12,14-15H,4-5,7-9H2,1H3. The van der Waals surface area contributed by atoms with E-state index in [1.165, 1.54) is 19.3 Å². The number of aliphatic hydroxyl groups is 1. The zero-order valence-corrected chi connectivity index (χ0v) is 9.86. The van der Waals surface area contributed by atoms with Crippen molar-refractivity contribution < 1.29 is 9.52 Å². The maximum absolute atomic E-state index is 9.78. The van der Waals surface area contributed by atoms with Crippen LogP contribution < -0.4 is 5.32 Å². The molecule has 0 aromatic carbocycles. The van der Waals surface area contributed by atoms with Crippen LogP contribution in [0.4, 0.5) is 0 Å². The average Bonchev–Trinajstić information content (AvgIpc) is 2.89. The van der Waals surface area contributed by atoms with E-state index in [4.69, 9.17) is 4.42 Å². The van der Waals surface area contributed by atoms with Gasteiger partial charge >= 0.3 is 0 Å². The Balaban J connectivity index is 1.64. The number of nitrogens with one attached hydrogen (secondary N) is 1. The van der Waals surface area contributed by atoms with E-state index < -0.39 is 6.10 Å². The first-order valence-electron chi connectivity index (χ1n) is 6.18. The van der Waals surface area contributed by atoms with E-state index in [-0.39, 0.29) is 0 Å². The molecule has 3 unspecified atom stereocenters. The Kier molecular flexibility index (Phi) is 4.02. The van der Waals surface area contributed by atoms with Gasteiger partial charge in [0.15, 0.2) is 0 Å². The fourth-order valence-electron chi connectivity index (χ4n) is 2.52. The van der Waals surface area contributed by atoms with Crippen LogP contribution in [0.15, 0.2) is 22.8 Å². The van der Waals surface area contributed by atoms with Gasteiger partial charge in [-0.05, 0) is 43.4 Å². The zero-order valence-electron chi connectivity index (χ0n) is 9.86. The molecule has 0 radical (unpaired) electrons. The van der Waals surface area contributed by atoms with E-state index in [1.54, 1.807) is 12.3 Å². The van der Waals surface area contributed by atoms with Crippen LogP contribution in [-0.2, 0) is 0 Å². The Morgan fingerprint density at radius 1 is 1.56 bits per heavy atom. The van der Waals surface area contributed by atoms with Crippen LogP contribution in [-0.4, -0.2) is 18.2 Å². The molecule has 1 fully saturated rings. The Bertz CT molecular complexity index is 297. The van der Waals surface area contributed by atoms with Crippen molar-refractivity contribution in [2.75, 3.05) is 13.1 Å². The number of hydrogen-bond donors (Lipinski definition) is 2. The summed E-state index contributed by atoms with van der Waals surface area (Å²) in [6.45, 7) is 3.91. The molecule has 0 saturated heterocycles. The Hall–Kier alpha value is -0.800. The van der Waals surface area contributed by atoms with Crippen LogP contribution >= 0.6 is 0 Å². The zero-order chi connectivity index (χ0) is 11.4. The summed E-state index contributed by atoms with van der Waals surface area (Å²) in [5, 5.41) is 13.1. The van der Waals surface area contributed by atoms with Crippen LogP contribution in [0, 0.1) is 11.8 Å². The van der Waals surface area contributed by atoms with Crippen molar-refractivity contribution in [3.05, 3.63) is 24.2 Å². The summed E-state index contributed by atoms with van der Waals surface area (Å²) in [4.78, 5) is 0. The normalized spacial score (nSPS) is 27.1. The maximum atomic E-state index is 9.78. The fourth-order valence-corrected chi connectivity index (χ4v) is 2.52. The average molecular weight is 223 g/mol. The van der Waals surface area contributed by atoms with Gasteiger partial charge in [-0.25, -0.2) is 0 Å². The summed E-state index contributed by atoms with van der Waals surface area (Å²) in [7, 11) is 0. The third kappa shape index (κ3) is 3.09. The van der Waals surface area contributed by atoms with Crippen molar-refractivity contribution in [2.45, 2.75) is 32.3 Å². The fraction of sp³-hybridized carbons (Fsp3) is 0.692. The highest BCUT2D eigenvalue weighted by atomic mass is 16.4. The number of aliphatic hydroxyl groups excluding tert-OH is 1. The molecule has 3 heteroatoms. The molecule has 16 heavy (non-hydrogen) atoms. The minimum Gasteiger partial charge on any atom is -0.467 e. The lowest BCUT2D eigenvalue weighted by atomic mass is 10.1. The van der Waals surface area contributed by atoms with Crippen LogP contribution in [0.3, 0.4) is 0 Å². The largest absolute Gasteiger partial charge is 0.467 e. The van der Waals surface area contributed by atoms with Gasteiger partial charge in [-0.2, -0.15) is 0 Å². The van der Waals surface area contributed by atoms with Gasteiger partial charge in [-0.15, -0.1) is 0 Å². The van der Waals surface area contributed by atoms with Crippen LogP contribution in [0.5, 0.6) is 0 Å². The van der Waals surface area contributed by atoms with Gasteiger partial charge in [0, 0.05) is 6.54 Å². The predicted octanol–water partition coefficient (Wildman–Crippen LogP) is 2.34. The quantitative estimate of drug-likeness (QED) is 0.805. The van der Waals surface area contributed by atoms with E-state index in [1.807, 2.05) is 6.07 Å². The van der Waals surface area contributed by atoms with Crippen molar-refractivity contribution in [2.24, 2.45) is 11.8 Å². The first-order valence-corrected chi connectivity index (χ1v) is 6.18. The molecule has 1 heterocycles. The van der Waals surface area contributed by atoms with Crippen LogP contribution in [0.2, 0.25) is 0 Å². The van der Waals surface area contributed by atoms with Crippen molar-refractivity contribution >= 4 is 0 Å². The molecule has 0 bridgehead atoms. The highest BCUT2D eigenvalue weighted by molar-refractivity contribution is 5.02. The molecule has 1 saturated carbocycles. The van der Waals surface area contributed by atoms with E-state index in [0.29, 0.717) is 12.3 Å². The lowest BCUT2D eigenvalue weighted by Gasteiger charge is -2.13. The van der Waals surface area contributed by atoms with Gasteiger partial charge in [0.25, 0.3) is 0 Å². The summed E-state index contributed by atoms with van der Waals surface area (Å²) < 4.78 is 5.14. The molecule has 3 atom stereocenters. The minimum absolute atomic E-state index is 0.520. The second-order valence-corrected chi connectivity index (χ2v) is 4.97. The minimum atomic E-state index is -0.520. The molecule has 0 amide bonds. The highest BCUT2D eigenvalue weighted by Gasteiger charge is 2.21. The first kappa shape index (κ1) is 11.7. The molecule has 90 valence electrons. The van der Waals surface area contributed by atoms with Crippen LogP contribution in [0.1, 0.15) is 38.1 Å². The molecule has 3 nitrogen and oxygen atoms in total. The van der Waals surface area contributed by atoms with E-state index in [9.17, 15) is 5.11 Å².